The van der Waals surface area contributed by atoms with Crippen LogP contribution in [0.5, 0.6) is 0 Å². The monoisotopic (exact) mass is 716 g/mol. The highest BCUT2D eigenvalue weighted by atomic mass is 16.3. The highest BCUT2D eigenvalue weighted by Gasteiger charge is 2.19. The van der Waals surface area contributed by atoms with Crippen LogP contribution < -0.4 is 0 Å². The first-order valence-electron chi connectivity index (χ1n) is 18.8. The molecule has 0 saturated carbocycles. The zero-order chi connectivity index (χ0) is 37.0. The molecule has 0 atom stereocenters. The number of hydrogen-bond acceptors (Lipinski definition) is 4. The predicted molar refractivity (Wildman–Crippen MR) is 229 cm³/mol. The fraction of sp³-hybridized carbons (Fsp3) is 0. The van der Waals surface area contributed by atoms with Gasteiger partial charge in [-0.3, -0.25) is 4.98 Å². The quantitative estimate of drug-likeness (QED) is 0.172. The molecule has 5 nitrogen and oxygen atoms in total. The van der Waals surface area contributed by atoms with Crippen LogP contribution in [-0.4, -0.2) is 19.5 Å². The molecule has 0 saturated heterocycles. The molecule has 11 rings (SSSR count). The van der Waals surface area contributed by atoms with Gasteiger partial charge in [-0.2, -0.15) is 0 Å². The van der Waals surface area contributed by atoms with Gasteiger partial charge in [0, 0.05) is 50.3 Å². The van der Waals surface area contributed by atoms with Crippen LogP contribution in [0.4, 0.5) is 0 Å². The SMILES string of the molecule is c1ccc(-c2ccc(-c3cc(-c4ccccc4)nc(-c4cc(-c5ccnc6c5oc5ccccc56)cc(-n5c6ccccc6c6ccccc65)c4)n3)cc2)cc1. The molecule has 0 aliphatic rings. The largest absolute Gasteiger partial charge is 0.454 e. The summed E-state index contributed by atoms with van der Waals surface area (Å²) in [6.45, 7) is 0. The summed E-state index contributed by atoms with van der Waals surface area (Å²) in [7, 11) is 0. The molecule has 0 N–H and O–H groups in total. The molecule has 56 heavy (non-hydrogen) atoms. The number of fused-ring (bicyclic) bond motifs is 6. The summed E-state index contributed by atoms with van der Waals surface area (Å²) in [4.78, 5) is 15.4. The number of rotatable bonds is 6. The minimum absolute atomic E-state index is 0.632. The fourth-order valence-electron chi connectivity index (χ4n) is 8.00. The molecule has 0 fully saturated rings. The average Bonchev–Trinajstić information content (AvgIpc) is 3.83. The van der Waals surface area contributed by atoms with Crippen molar-refractivity contribution < 1.29 is 4.42 Å². The normalized spacial score (nSPS) is 11.6. The molecule has 0 amide bonds. The van der Waals surface area contributed by atoms with Crippen molar-refractivity contribution >= 4 is 43.9 Å². The van der Waals surface area contributed by atoms with E-state index in [1.165, 1.54) is 16.3 Å². The van der Waals surface area contributed by atoms with E-state index in [0.717, 1.165) is 83.6 Å². The third kappa shape index (κ3) is 5.37. The lowest BCUT2D eigenvalue weighted by Gasteiger charge is -2.15. The maximum atomic E-state index is 6.55. The van der Waals surface area contributed by atoms with E-state index in [4.69, 9.17) is 19.4 Å². The molecule has 4 aromatic heterocycles. The summed E-state index contributed by atoms with van der Waals surface area (Å²) in [6, 6.07) is 65.5. The van der Waals surface area contributed by atoms with Crippen LogP contribution in [0.15, 0.2) is 199 Å². The summed E-state index contributed by atoms with van der Waals surface area (Å²) in [5.41, 5.74) is 14.5. The van der Waals surface area contributed by atoms with Crippen molar-refractivity contribution in [1.29, 1.82) is 0 Å². The molecule has 0 bridgehead atoms. The van der Waals surface area contributed by atoms with E-state index in [1.54, 1.807) is 0 Å². The van der Waals surface area contributed by atoms with Crippen molar-refractivity contribution in [2.24, 2.45) is 0 Å². The van der Waals surface area contributed by atoms with Gasteiger partial charge in [0.2, 0.25) is 0 Å². The Labute approximate surface area is 322 Å². The van der Waals surface area contributed by atoms with Gasteiger partial charge in [-0.1, -0.05) is 133 Å². The van der Waals surface area contributed by atoms with Crippen molar-refractivity contribution in [3.05, 3.63) is 194 Å². The molecule has 262 valence electrons. The van der Waals surface area contributed by atoms with Gasteiger partial charge < -0.3 is 8.98 Å². The van der Waals surface area contributed by atoms with Crippen molar-refractivity contribution in [3.8, 4) is 61.8 Å². The van der Waals surface area contributed by atoms with Gasteiger partial charge in [0.05, 0.1) is 22.4 Å². The molecule has 0 aliphatic carbocycles. The highest BCUT2D eigenvalue weighted by molar-refractivity contribution is 6.10. The molecular weight excluding hydrogens is 685 g/mol. The van der Waals surface area contributed by atoms with E-state index in [9.17, 15) is 0 Å². The minimum atomic E-state index is 0.632. The van der Waals surface area contributed by atoms with Crippen LogP contribution in [0.2, 0.25) is 0 Å². The summed E-state index contributed by atoms with van der Waals surface area (Å²) in [5.74, 6) is 0.632. The van der Waals surface area contributed by atoms with Crippen LogP contribution in [0.3, 0.4) is 0 Å². The number of pyridine rings is 1. The van der Waals surface area contributed by atoms with Crippen LogP contribution in [0.25, 0.3) is 106 Å². The molecule has 0 spiro atoms. The van der Waals surface area contributed by atoms with Gasteiger partial charge in [0.25, 0.3) is 0 Å². The van der Waals surface area contributed by atoms with Crippen LogP contribution in [-0.2, 0) is 0 Å². The Morgan fingerprint density at radius 2 is 0.946 bits per heavy atom. The van der Waals surface area contributed by atoms with Crippen LogP contribution >= 0.6 is 0 Å². The van der Waals surface area contributed by atoms with E-state index >= 15 is 0 Å². The first-order chi connectivity index (χ1) is 27.7. The van der Waals surface area contributed by atoms with E-state index < -0.39 is 0 Å². The number of benzene rings is 7. The number of para-hydroxylation sites is 3. The van der Waals surface area contributed by atoms with Crippen molar-refractivity contribution in [2.75, 3.05) is 0 Å². The summed E-state index contributed by atoms with van der Waals surface area (Å²) in [6.07, 6.45) is 1.87. The summed E-state index contributed by atoms with van der Waals surface area (Å²) >= 11 is 0. The van der Waals surface area contributed by atoms with Crippen LogP contribution in [0, 0.1) is 0 Å². The maximum Gasteiger partial charge on any atom is 0.161 e. The lowest BCUT2D eigenvalue weighted by molar-refractivity contribution is 0.669. The Bertz CT molecular complexity index is 3180. The zero-order valence-electron chi connectivity index (χ0n) is 30.2. The standard InChI is InChI=1S/C51H32N4O/c1-3-13-33(14-4-1)34-23-25-36(26-24-34)45-32-44(35-15-5-2-6-16-35)53-51(54-45)38-29-37(40-27-28-52-49-43-19-9-12-22-48(43)56-50(40)49)30-39(31-38)55-46-20-10-7-17-41(46)42-18-8-11-21-47(42)55/h1-32H. The van der Waals surface area contributed by atoms with E-state index in [2.05, 4.69) is 156 Å². The smallest absolute Gasteiger partial charge is 0.161 e. The van der Waals surface area contributed by atoms with Crippen LogP contribution in [0.1, 0.15) is 0 Å². The molecule has 0 aliphatic heterocycles. The molecule has 11 aromatic rings. The first-order valence-corrected chi connectivity index (χ1v) is 18.8. The Kier molecular flexibility index (Phi) is 7.42. The van der Waals surface area contributed by atoms with Crippen molar-refractivity contribution in [1.82, 2.24) is 19.5 Å². The second kappa shape index (κ2) is 13.0. The van der Waals surface area contributed by atoms with Crippen molar-refractivity contribution in [2.45, 2.75) is 0 Å². The lowest BCUT2D eigenvalue weighted by Crippen LogP contribution is -1.99. The Morgan fingerprint density at radius 1 is 0.411 bits per heavy atom. The number of aromatic nitrogens is 4. The fourth-order valence-corrected chi connectivity index (χ4v) is 8.00. The second-order valence-corrected chi connectivity index (χ2v) is 14.0. The molecule has 0 unspecified atom stereocenters. The summed E-state index contributed by atoms with van der Waals surface area (Å²) < 4.78 is 8.90. The third-order valence-corrected chi connectivity index (χ3v) is 10.7. The number of nitrogens with zero attached hydrogens (tertiary/aromatic N) is 4. The minimum Gasteiger partial charge on any atom is -0.454 e. The number of hydrogen-bond donors (Lipinski definition) is 0. The molecule has 5 heteroatoms. The van der Waals surface area contributed by atoms with Gasteiger partial charge in [-0.05, 0) is 71.3 Å². The van der Waals surface area contributed by atoms with Gasteiger partial charge in [-0.15, -0.1) is 0 Å². The molecular formula is C51H32N4O. The van der Waals surface area contributed by atoms with Gasteiger partial charge in [0.15, 0.2) is 11.4 Å². The van der Waals surface area contributed by atoms with Gasteiger partial charge in [0.1, 0.15) is 11.1 Å². The second-order valence-electron chi connectivity index (χ2n) is 14.0. The van der Waals surface area contributed by atoms with E-state index in [1.807, 2.05) is 42.6 Å². The maximum absolute atomic E-state index is 6.55. The molecule has 4 heterocycles. The Hall–Kier alpha value is -7.63. The Balaban J connectivity index is 1.17. The third-order valence-electron chi connectivity index (χ3n) is 10.7. The van der Waals surface area contributed by atoms with Gasteiger partial charge >= 0.3 is 0 Å². The lowest BCUT2D eigenvalue weighted by atomic mass is 10.00. The number of furan rings is 1. The molecule has 7 aromatic carbocycles. The zero-order valence-corrected chi connectivity index (χ0v) is 30.2. The predicted octanol–water partition coefficient (Wildman–Crippen LogP) is 13.2. The Morgan fingerprint density at radius 3 is 1.64 bits per heavy atom. The first kappa shape index (κ1) is 31.9. The van der Waals surface area contributed by atoms with Crippen molar-refractivity contribution in [3.63, 3.8) is 0 Å². The highest BCUT2D eigenvalue weighted by Crippen LogP contribution is 2.40. The summed E-state index contributed by atoms with van der Waals surface area (Å²) in [5, 5.41) is 3.38. The van der Waals surface area contributed by atoms with E-state index in [-0.39, 0.29) is 0 Å². The molecule has 0 radical (unpaired) electrons. The van der Waals surface area contributed by atoms with E-state index in [0.29, 0.717) is 5.82 Å². The van der Waals surface area contributed by atoms with Gasteiger partial charge in [-0.25, -0.2) is 9.97 Å². The topological polar surface area (TPSA) is 56.7 Å². The average molecular weight is 717 g/mol.